The molecular formula is C35H32ClF5N2O5S. The lowest BCUT2D eigenvalue weighted by Gasteiger charge is -2.28. The minimum absolute atomic E-state index is 0.0956. The number of amides is 1. The van der Waals surface area contributed by atoms with Crippen LogP contribution in [-0.2, 0) is 27.9 Å². The number of carboxylic acids is 1. The van der Waals surface area contributed by atoms with E-state index in [1.165, 1.54) is 48.5 Å². The highest BCUT2D eigenvalue weighted by molar-refractivity contribution is 7.89. The summed E-state index contributed by atoms with van der Waals surface area (Å²) in [7, 11) is -5.58. The van der Waals surface area contributed by atoms with Crippen LogP contribution in [-0.4, -0.2) is 36.3 Å². The normalized spacial score (nSPS) is 12.3. The molecule has 0 heterocycles. The van der Waals surface area contributed by atoms with Crippen LogP contribution in [0.2, 0.25) is 5.02 Å². The Bertz CT molecular complexity index is 1910. The van der Waals surface area contributed by atoms with Crippen LogP contribution in [0.15, 0.2) is 77.7 Å². The Kier molecular flexibility index (Phi) is 12.2. The molecule has 14 heteroatoms. The van der Waals surface area contributed by atoms with E-state index in [-0.39, 0.29) is 34.3 Å². The average molecular weight is 723 g/mol. The molecule has 4 aromatic carbocycles. The van der Waals surface area contributed by atoms with E-state index in [2.05, 4.69) is 6.92 Å². The SMILES string of the molecule is CCCC(CC)c1cccc(CN(C(=O)CN(Cc2ccc(Cl)cc2)S(=O)(=O)c2c(F)c(F)c(F)c(F)c2F)c2ccc(C(=O)O)cc2)c1. The van der Waals surface area contributed by atoms with Crippen molar-refractivity contribution >= 4 is 39.2 Å². The molecule has 0 aromatic heterocycles. The van der Waals surface area contributed by atoms with E-state index in [0.29, 0.717) is 9.87 Å². The van der Waals surface area contributed by atoms with Gasteiger partial charge in [-0.3, -0.25) is 4.79 Å². The summed E-state index contributed by atoms with van der Waals surface area (Å²) >= 11 is 5.94. The number of sulfonamides is 1. The third kappa shape index (κ3) is 8.46. The molecule has 0 fully saturated rings. The molecule has 7 nitrogen and oxygen atoms in total. The van der Waals surface area contributed by atoms with Gasteiger partial charge in [-0.25, -0.2) is 35.2 Å². The third-order valence-corrected chi connectivity index (χ3v) is 10.0. The van der Waals surface area contributed by atoms with Crippen molar-refractivity contribution in [3.63, 3.8) is 0 Å². The van der Waals surface area contributed by atoms with E-state index in [0.717, 1.165) is 29.7 Å². The average Bonchev–Trinajstić information content (AvgIpc) is 3.08. The molecule has 0 saturated carbocycles. The van der Waals surface area contributed by atoms with Gasteiger partial charge in [0.15, 0.2) is 28.2 Å². The van der Waals surface area contributed by atoms with Crippen molar-refractivity contribution in [2.75, 3.05) is 11.4 Å². The summed E-state index contributed by atoms with van der Waals surface area (Å²) < 4.78 is 99.9. The first-order valence-corrected chi connectivity index (χ1v) is 17.0. The molecule has 1 atom stereocenters. The molecule has 4 rings (SSSR count). The third-order valence-electron chi connectivity index (χ3n) is 7.97. The van der Waals surface area contributed by atoms with E-state index in [1.54, 1.807) is 12.1 Å². The van der Waals surface area contributed by atoms with Crippen molar-refractivity contribution in [1.29, 1.82) is 0 Å². The number of anilines is 1. The number of aromatic carboxylic acids is 1. The van der Waals surface area contributed by atoms with Crippen molar-refractivity contribution in [1.82, 2.24) is 4.31 Å². The molecule has 1 amide bonds. The van der Waals surface area contributed by atoms with Crippen LogP contribution >= 0.6 is 11.6 Å². The summed E-state index contributed by atoms with van der Waals surface area (Å²) in [6.45, 7) is 2.13. The van der Waals surface area contributed by atoms with Gasteiger partial charge in [0, 0.05) is 17.3 Å². The molecule has 0 aliphatic carbocycles. The lowest BCUT2D eigenvalue weighted by Crippen LogP contribution is -2.43. The molecule has 1 N–H and O–H groups in total. The molecule has 260 valence electrons. The minimum atomic E-state index is -5.58. The van der Waals surface area contributed by atoms with Gasteiger partial charge in [0.05, 0.1) is 18.7 Å². The monoisotopic (exact) mass is 722 g/mol. The number of rotatable bonds is 14. The number of carbonyl (C=O) groups excluding carboxylic acids is 1. The second-order valence-electron chi connectivity index (χ2n) is 11.3. The topological polar surface area (TPSA) is 95.0 Å². The second kappa shape index (κ2) is 15.9. The Morgan fingerprint density at radius 3 is 1.94 bits per heavy atom. The first kappa shape index (κ1) is 37.5. The Morgan fingerprint density at radius 1 is 0.796 bits per heavy atom. The summed E-state index contributed by atoms with van der Waals surface area (Å²) in [6.07, 6.45) is 2.70. The van der Waals surface area contributed by atoms with Crippen molar-refractivity contribution in [2.45, 2.75) is 57.0 Å². The molecular weight excluding hydrogens is 691 g/mol. The van der Waals surface area contributed by atoms with E-state index in [1.807, 2.05) is 19.1 Å². The predicted molar refractivity (Wildman–Crippen MR) is 174 cm³/mol. The molecule has 0 radical (unpaired) electrons. The molecule has 0 aliphatic heterocycles. The van der Waals surface area contributed by atoms with Crippen LogP contribution in [0.5, 0.6) is 0 Å². The zero-order valence-corrected chi connectivity index (χ0v) is 28.0. The van der Waals surface area contributed by atoms with Gasteiger partial charge >= 0.3 is 5.97 Å². The summed E-state index contributed by atoms with van der Waals surface area (Å²) in [5.41, 5.74) is 1.88. The number of nitrogens with zero attached hydrogens (tertiary/aromatic N) is 2. The summed E-state index contributed by atoms with van der Waals surface area (Å²) in [6, 6.07) is 18.0. The predicted octanol–water partition coefficient (Wildman–Crippen LogP) is 8.45. The second-order valence-corrected chi connectivity index (χ2v) is 13.6. The van der Waals surface area contributed by atoms with Crippen LogP contribution < -0.4 is 4.90 Å². The molecule has 49 heavy (non-hydrogen) atoms. The summed E-state index contributed by atoms with van der Waals surface area (Å²) in [5, 5.41) is 9.64. The van der Waals surface area contributed by atoms with E-state index < -0.39 is 69.0 Å². The van der Waals surface area contributed by atoms with E-state index >= 15 is 0 Å². The Morgan fingerprint density at radius 2 is 1.39 bits per heavy atom. The molecule has 0 aliphatic rings. The minimum Gasteiger partial charge on any atom is -0.478 e. The van der Waals surface area contributed by atoms with Gasteiger partial charge < -0.3 is 10.0 Å². The van der Waals surface area contributed by atoms with Gasteiger partial charge in [-0.05, 0) is 71.8 Å². The van der Waals surface area contributed by atoms with Crippen LogP contribution in [0.4, 0.5) is 27.6 Å². The molecule has 4 aromatic rings. The Hall–Kier alpha value is -4.33. The fraction of sp³-hybridized carbons (Fsp3) is 0.257. The number of halogens is 6. The summed E-state index contributed by atoms with van der Waals surface area (Å²) in [4.78, 5) is 24.7. The standard InChI is InChI=1S/C35H32ClF5N2O5S/c1-3-6-23(4-2)25-8-5-7-22(17-25)19-43(27-15-11-24(12-16-27)35(45)46)28(44)20-42(18-21-9-13-26(36)14-10-21)49(47,48)34-32(40)30(38)29(37)31(39)33(34)41/h5,7-17,23H,3-4,6,18-20H2,1-2H3,(H,45,46). The fourth-order valence-corrected chi connectivity index (χ4v) is 7.00. The van der Waals surface area contributed by atoms with Gasteiger partial charge in [0.1, 0.15) is 0 Å². The van der Waals surface area contributed by atoms with Crippen LogP contribution in [0.25, 0.3) is 0 Å². The maximum Gasteiger partial charge on any atom is 0.335 e. The Balaban J connectivity index is 1.82. The zero-order chi connectivity index (χ0) is 36.0. The lowest BCUT2D eigenvalue weighted by molar-refractivity contribution is -0.119. The molecule has 0 bridgehead atoms. The van der Waals surface area contributed by atoms with Crippen LogP contribution in [0.3, 0.4) is 0 Å². The first-order chi connectivity index (χ1) is 23.2. The number of hydrogen-bond donors (Lipinski definition) is 1. The van der Waals surface area contributed by atoms with Crippen LogP contribution in [0, 0.1) is 29.1 Å². The lowest BCUT2D eigenvalue weighted by atomic mass is 9.91. The number of carbonyl (C=O) groups is 2. The van der Waals surface area contributed by atoms with Crippen LogP contribution in [0.1, 0.15) is 66.1 Å². The van der Waals surface area contributed by atoms with E-state index in [9.17, 15) is 45.1 Å². The van der Waals surface area contributed by atoms with Gasteiger partial charge in [0.2, 0.25) is 21.7 Å². The van der Waals surface area contributed by atoms with Crippen molar-refractivity contribution in [2.24, 2.45) is 0 Å². The van der Waals surface area contributed by atoms with Crippen molar-refractivity contribution in [3.05, 3.63) is 129 Å². The smallest absolute Gasteiger partial charge is 0.335 e. The Labute approximate surface area is 285 Å². The first-order valence-electron chi connectivity index (χ1n) is 15.2. The molecule has 0 saturated heterocycles. The van der Waals surface area contributed by atoms with Gasteiger partial charge in [-0.1, -0.05) is 68.3 Å². The quantitative estimate of drug-likeness (QED) is 0.0801. The summed E-state index contributed by atoms with van der Waals surface area (Å²) in [5.74, 6) is -14.6. The van der Waals surface area contributed by atoms with Gasteiger partial charge in [-0.15, -0.1) is 0 Å². The largest absolute Gasteiger partial charge is 0.478 e. The number of hydrogen-bond acceptors (Lipinski definition) is 4. The molecule has 0 spiro atoms. The zero-order valence-electron chi connectivity index (χ0n) is 26.4. The van der Waals surface area contributed by atoms with Crippen molar-refractivity contribution < 1.29 is 45.1 Å². The number of carboxylic acid groups (broad SMARTS) is 1. The van der Waals surface area contributed by atoms with E-state index in [4.69, 9.17) is 11.6 Å². The maximum absolute atomic E-state index is 14.9. The van der Waals surface area contributed by atoms with Gasteiger partial charge in [0.25, 0.3) is 0 Å². The highest BCUT2D eigenvalue weighted by Gasteiger charge is 2.38. The highest BCUT2D eigenvalue weighted by Crippen LogP contribution is 2.31. The highest BCUT2D eigenvalue weighted by atomic mass is 35.5. The fourth-order valence-electron chi connectivity index (χ4n) is 5.39. The molecule has 1 unspecified atom stereocenters. The maximum atomic E-state index is 14.9. The van der Waals surface area contributed by atoms with Gasteiger partial charge in [-0.2, -0.15) is 4.31 Å². The van der Waals surface area contributed by atoms with Crippen molar-refractivity contribution in [3.8, 4) is 0 Å². The number of benzene rings is 4.